The molecule has 0 spiro atoms. The maximum absolute atomic E-state index is 13.0. The van der Waals surface area contributed by atoms with Crippen LogP contribution in [0.3, 0.4) is 0 Å². The molecule has 1 atom stereocenters. The lowest BCUT2D eigenvalue weighted by atomic mass is 9.77. The summed E-state index contributed by atoms with van der Waals surface area (Å²) in [5.74, 6) is 2.22. The first-order valence-electron chi connectivity index (χ1n) is 8.98. The number of hydrogen-bond donors (Lipinski definition) is 1. The quantitative estimate of drug-likeness (QED) is 0.855. The van der Waals surface area contributed by atoms with Crippen molar-refractivity contribution in [3.05, 3.63) is 35.5 Å². The molecule has 1 unspecified atom stereocenters. The fourth-order valence-electron chi connectivity index (χ4n) is 3.82. The molecule has 0 bridgehead atoms. The van der Waals surface area contributed by atoms with E-state index in [1.54, 1.807) is 23.1 Å². The highest BCUT2D eigenvalue weighted by molar-refractivity contribution is 5.95. The van der Waals surface area contributed by atoms with Crippen molar-refractivity contribution in [1.82, 2.24) is 15.0 Å². The van der Waals surface area contributed by atoms with Gasteiger partial charge in [-0.15, -0.1) is 12.4 Å². The summed E-state index contributed by atoms with van der Waals surface area (Å²) in [5.41, 5.74) is 6.38. The number of halogens is 1. The van der Waals surface area contributed by atoms with E-state index in [1.807, 2.05) is 0 Å². The van der Waals surface area contributed by atoms with Crippen molar-refractivity contribution in [2.75, 3.05) is 13.3 Å². The van der Waals surface area contributed by atoms with E-state index in [0.717, 1.165) is 32.1 Å². The van der Waals surface area contributed by atoms with Gasteiger partial charge in [0.15, 0.2) is 17.3 Å². The second-order valence-electron chi connectivity index (χ2n) is 7.19. The van der Waals surface area contributed by atoms with Gasteiger partial charge in [0.25, 0.3) is 5.91 Å². The number of nitrogens with zero attached hydrogens (tertiary/aromatic N) is 3. The summed E-state index contributed by atoms with van der Waals surface area (Å²) >= 11 is 0. The molecule has 5 rings (SSSR count). The third kappa shape index (κ3) is 2.93. The van der Waals surface area contributed by atoms with Crippen LogP contribution >= 0.6 is 12.4 Å². The van der Waals surface area contributed by atoms with Crippen LogP contribution in [0.5, 0.6) is 11.5 Å². The predicted octanol–water partition coefficient (Wildman–Crippen LogP) is 2.54. The number of amides is 1. The van der Waals surface area contributed by atoms with Crippen LogP contribution in [0.2, 0.25) is 0 Å². The maximum Gasteiger partial charge on any atom is 0.254 e. The first kappa shape index (κ1) is 18.1. The minimum atomic E-state index is -0.466. The van der Waals surface area contributed by atoms with Gasteiger partial charge < -0.3 is 24.6 Å². The van der Waals surface area contributed by atoms with Gasteiger partial charge in [-0.05, 0) is 50.3 Å². The third-order valence-electron chi connectivity index (χ3n) is 5.55. The topological polar surface area (TPSA) is 104 Å². The first-order chi connectivity index (χ1) is 12.6. The van der Waals surface area contributed by atoms with Gasteiger partial charge >= 0.3 is 0 Å². The van der Waals surface area contributed by atoms with Crippen molar-refractivity contribution >= 4 is 18.3 Å². The van der Waals surface area contributed by atoms with Gasteiger partial charge in [0.05, 0.1) is 5.54 Å². The zero-order chi connectivity index (χ0) is 17.7. The second-order valence-corrected chi connectivity index (χ2v) is 7.19. The molecule has 144 valence electrons. The summed E-state index contributed by atoms with van der Waals surface area (Å²) in [6.45, 7) is 0.842. The van der Waals surface area contributed by atoms with Gasteiger partial charge in [-0.25, -0.2) is 0 Å². The van der Waals surface area contributed by atoms with E-state index >= 15 is 0 Å². The average Bonchev–Trinajstić information content (AvgIpc) is 3.37. The van der Waals surface area contributed by atoms with E-state index in [9.17, 15) is 4.79 Å². The number of likely N-dealkylation sites (tertiary alicyclic amines) is 1. The summed E-state index contributed by atoms with van der Waals surface area (Å²) in [5, 5.41) is 4.08. The molecule has 8 nitrogen and oxygen atoms in total. The smallest absolute Gasteiger partial charge is 0.254 e. The Labute approximate surface area is 162 Å². The molecular formula is C18H21ClN4O4. The van der Waals surface area contributed by atoms with Crippen molar-refractivity contribution in [3.63, 3.8) is 0 Å². The molecule has 1 aliphatic carbocycles. The molecule has 9 heteroatoms. The summed E-state index contributed by atoms with van der Waals surface area (Å²) in [6.07, 6.45) is 4.52. The molecule has 3 aliphatic rings. The Morgan fingerprint density at radius 1 is 1.22 bits per heavy atom. The molecule has 1 aromatic heterocycles. The van der Waals surface area contributed by atoms with Crippen molar-refractivity contribution < 1.29 is 18.8 Å². The van der Waals surface area contributed by atoms with Gasteiger partial charge in [0, 0.05) is 12.1 Å². The van der Waals surface area contributed by atoms with Crippen LogP contribution in [0.15, 0.2) is 22.7 Å². The van der Waals surface area contributed by atoms with Crippen molar-refractivity contribution in [1.29, 1.82) is 0 Å². The molecule has 2 aromatic rings. The summed E-state index contributed by atoms with van der Waals surface area (Å²) < 4.78 is 16.2. The van der Waals surface area contributed by atoms with Crippen LogP contribution < -0.4 is 15.2 Å². The zero-order valence-corrected chi connectivity index (χ0v) is 15.5. The summed E-state index contributed by atoms with van der Waals surface area (Å²) in [6, 6.07) is 5.04. The molecular weight excluding hydrogens is 372 g/mol. The number of hydrogen-bond acceptors (Lipinski definition) is 7. The van der Waals surface area contributed by atoms with Gasteiger partial charge in [-0.2, -0.15) is 4.98 Å². The molecule has 27 heavy (non-hydrogen) atoms. The average molecular weight is 393 g/mol. The van der Waals surface area contributed by atoms with Crippen molar-refractivity contribution in [2.24, 2.45) is 5.73 Å². The molecule has 1 saturated carbocycles. The minimum absolute atomic E-state index is 0. The molecule has 1 aromatic carbocycles. The Kier molecular flexibility index (Phi) is 4.47. The van der Waals surface area contributed by atoms with Gasteiger partial charge in [0.1, 0.15) is 6.04 Å². The lowest BCUT2D eigenvalue weighted by Gasteiger charge is -2.34. The van der Waals surface area contributed by atoms with Crippen LogP contribution in [-0.4, -0.2) is 34.3 Å². The van der Waals surface area contributed by atoms with E-state index < -0.39 is 5.54 Å². The van der Waals surface area contributed by atoms with Crippen LogP contribution in [0, 0.1) is 0 Å². The number of aromatic nitrogens is 2. The van der Waals surface area contributed by atoms with Gasteiger partial charge in [0.2, 0.25) is 12.7 Å². The SMILES string of the molecule is Cl.NC1(c2noc(C3CCCN3C(=O)c3ccc4c(c3)OCO4)n2)CCC1. The number of benzene rings is 1. The largest absolute Gasteiger partial charge is 0.454 e. The Bertz CT molecular complexity index is 867. The van der Waals surface area contributed by atoms with Gasteiger partial charge in [-0.3, -0.25) is 4.79 Å². The number of ether oxygens (including phenoxy) is 2. The van der Waals surface area contributed by atoms with Gasteiger partial charge in [-0.1, -0.05) is 5.16 Å². The van der Waals surface area contributed by atoms with E-state index in [2.05, 4.69) is 10.1 Å². The molecule has 3 heterocycles. The second kappa shape index (κ2) is 6.69. The Morgan fingerprint density at radius 3 is 2.81 bits per heavy atom. The molecule has 2 aliphatic heterocycles. The highest BCUT2D eigenvalue weighted by Gasteiger charge is 2.41. The normalized spacial score (nSPS) is 22.3. The maximum atomic E-state index is 13.0. The van der Waals surface area contributed by atoms with Crippen LogP contribution in [-0.2, 0) is 5.54 Å². The molecule has 2 N–H and O–H groups in total. The zero-order valence-electron chi connectivity index (χ0n) is 14.7. The number of nitrogens with two attached hydrogens (primary N) is 1. The van der Waals surface area contributed by atoms with Crippen LogP contribution in [0.25, 0.3) is 0 Å². The predicted molar refractivity (Wildman–Crippen MR) is 96.8 cm³/mol. The number of carbonyl (C=O) groups excluding carboxylic acids is 1. The first-order valence-corrected chi connectivity index (χ1v) is 8.98. The molecule has 1 amide bonds. The Morgan fingerprint density at radius 2 is 2.04 bits per heavy atom. The number of rotatable bonds is 3. The number of fused-ring (bicyclic) bond motifs is 1. The lowest BCUT2D eigenvalue weighted by molar-refractivity contribution is 0.0709. The van der Waals surface area contributed by atoms with E-state index in [-0.39, 0.29) is 31.1 Å². The highest BCUT2D eigenvalue weighted by atomic mass is 35.5. The van der Waals surface area contributed by atoms with E-state index in [0.29, 0.717) is 35.3 Å². The number of carbonyl (C=O) groups is 1. The Balaban J connectivity index is 0.00000180. The third-order valence-corrected chi connectivity index (χ3v) is 5.55. The van der Waals surface area contributed by atoms with E-state index in [1.165, 1.54) is 0 Å². The molecule has 2 fully saturated rings. The summed E-state index contributed by atoms with van der Waals surface area (Å²) in [4.78, 5) is 19.3. The monoisotopic (exact) mass is 392 g/mol. The Hall–Kier alpha value is -2.32. The summed E-state index contributed by atoms with van der Waals surface area (Å²) in [7, 11) is 0. The highest BCUT2D eigenvalue weighted by Crippen LogP contribution is 2.39. The van der Waals surface area contributed by atoms with Crippen molar-refractivity contribution in [2.45, 2.75) is 43.7 Å². The minimum Gasteiger partial charge on any atom is -0.454 e. The van der Waals surface area contributed by atoms with E-state index in [4.69, 9.17) is 19.7 Å². The molecule has 0 radical (unpaired) electrons. The fourth-order valence-corrected chi connectivity index (χ4v) is 3.82. The van der Waals surface area contributed by atoms with Crippen LogP contribution in [0.4, 0.5) is 0 Å². The standard InChI is InChI=1S/C18H20N4O4.ClH/c19-18(6-2-7-18)17-20-15(26-21-17)12-3-1-8-22(12)16(23)11-4-5-13-14(9-11)25-10-24-13;/h4-5,9,12H,1-3,6-8,10,19H2;1H. The lowest BCUT2D eigenvalue weighted by Crippen LogP contribution is -2.44. The molecule has 1 saturated heterocycles. The van der Waals surface area contributed by atoms with Crippen molar-refractivity contribution in [3.8, 4) is 11.5 Å². The fraction of sp³-hybridized carbons (Fsp3) is 0.500. The van der Waals surface area contributed by atoms with Crippen LogP contribution in [0.1, 0.15) is 60.2 Å².